The van der Waals surface area contributed by atoms with Crippen LogP contribution in [-0.4, -0.2) is 23.7 Å². The molecule has 108 valence electrons. The molecule has 0 saturated carbocycles. The monoisotopic (exact) mass is 266 g/mol. The van der Waals surface area contributed by atoms with Crippen LogP contribution in [0.1, 0.15) is 37.7 Å². The summed E-state index contributed by atoms with van der Waals surface area (Å²) in [7, 11) is 1.43. The van der Waals surface area contributed by atoms with Gasteiger partial charge in [0.15, 0.2) is 0 Å². The highest BCUT2D eigenvalue weighted by Crippen LogP contribution is 2.15. The van der Waals surface area contributed by atoms with Gasteiger partial charge in [0.25, 0.3) is 0 Å². The number of esters is 1. The van der Waals surface area contributed by atoms with Crippen LogP contribution in [0.5, 0.6) is 0 Å². The molecule has 0 aliphatic carbocycles. The topological polar surface area (TPSA) is 43.3 Å². The minimum atomic E-state index is -0.255. The maximum absolute atomic E-state index is 11.7. The van der Waals surface area contributed by atoms with Crippen LogP contribution < -0.4 is 5.32 Å². The third-order valence-electron chi connectivity index (χ3n) is 3.63. The Morgan fingerprint density at radius 2 is 2.05 bits per heavy atom. The molecule has 0 spiro atoms. The number of carbonyl (C=O) groups excluding carboxylic acids is 1. The first kappa shape index (κ1) is 15.8. The van der Waals surface area contributed by atoms with Gasteiger partial charge in [-0.15, -0.1) is 0 Å². The third-order valence-corrected chi connectivity index (χ3v) is 3.63. The molecule has 1 heterocycles. The van der Waals surface area contributed by atoms with E-state index in [0.29, 0.717) is 6.54 Å². The zero-order chi connectivity index (χ0) is 14.6. The zero-order valence-electron chi connectivity index (χ0n) is 12.9. The molecule has 0 fully saturated rings. The molecule has 0 saturated heterocycles. The van der Waals surface area contributed by atoms with Gasteiger partial charge in [0.2, 0.25) is 0 Å². The van der Waals surface area contributed by atoms with Gasteiger partial charge >= 0.3 is 5.97 Å². The second-order valence-corrected chi connectivity index (χ2v) is 5.27. The van der Waals surface area contributed by atoms with E-state index in [-0.39, 0.29) is 17.9 Å². The average Bonchev–Trinajstić information content (AvgIpc) is 2.63. The van der Waals surface area contributed by atoms with Gasteiger partial charge in [-0.05, 0) is 38.3 Å². The van der Waals surface area contributed by atoms with Crippen molar-refractivity contribution in [3.05, 3.63) is 23.0 Å². The van der Waals surface area contributed by atoms with E-state index in [0.717, 1.165) is 6.54 Å². The summed E-state index contributed by atoms with van der Waals surface area (Å²) >= 11 is 0. The number of rotatable bonds is 6. The predicted octanol–water partition coefficient (Wildman–Crippen LogP) is 2.41. The van der Waals surface area contributed by atoms with Gasteiger partial charge < -0.3 is 14.6 Å². The largest absolute Gasteiger partial charge is 0.468 e. The summed E-state index contributed by atoms with van der Waals surface area (Å²) in [6, 6.07) is 1.93. The van der Waals surface area contributed by atoms with E-state index in [2.05, 4.69) is 36.7 Å². The fraction of sp³-hybridized carbons (Fsp3) is 0.667. The summed E-state index contributed by atoms with van der Waals surface area (Å²) < 4.78 is 7.11. The first-order chi connectivity index (χ1) is 8.92. The highest BCUT2D eigenvalue weighted by atomic mass is 16.5. The molecular formula is C15H26N2O2. The minimum Gasteiger partial charge on any atom is -0.468 e. The molecule has 0 aliphatic rings. The van der Waals surface area contributed by atoms with Crippen molar-refractivity contribution in [1.29, 1.82) is 0 Å². The molecule has 0 aliphatic heterocycles. The maximum atomic E-state index is 11.7. The van der Waals surface area contributed by atoms with Gasteiger partial charge in [-0.2, -0.15) is 0 Å². The van der Waals surface area contributed by atoms with Gasteiger partial charge in [0.1, 0.15) is 6.04 Å². The van der Waals surface area contributed by atoms with E-state index in [1.165, 1.54) is 24.1 Å². The van der Waals surface area contributed by atoms with Crippen LogP contribution in [0.2, 0.25) is 0 Å². The number of nitrogens with one attached hydrogen (secondary N) is 1. The maximum Gasteiger partial charge on any atom is 0.323 e. The Bertz CT molecular complexity index is 436. The Morgan fingerprint density at radius 3 is 2.47 bits per heavy atom. The number of ether oxygens (including phenoxy) is 1. The van der Waals surface area contributed by atoms with E-state index in [9.17, 15) is 4.79 Å². The molecule has 0 aromatic carbocycles. The van der Waals surface area contributed by atoms with Crippen molar-refractivity contribution in [3.63, 3.8) is 0 Å². The van der Waals surface area contributed by atoms with Gasteiger partial charge in [-0.3, -0.25) is 4.79 Å². The van der Waals surface area contributed by atoms with E-state index < -0.39 is 0 Å². The van der Waals surface area contributed by atoms with Gasteiger partial charge in [-0.25, -0.2) is 0 Å². The van der Waals surface area contributed by atoms with Crippen LogP contribution in [0.15, 0.2) is 6.07 Å². The number of carbonyl (C=O) groups is 1. The normalized spacial score (nSPS) is 12.8. The lowest BCUT2D eigenvalue weighted by molar-refractivity contribution is -0.144. The molecule has 1 aromatic rings. The summed E-state index contributed by atoms with van der Waals surface area (Å²) in [5.74, 6) is 0.0152. The van der Waals surface area contributed by atoms with Gasteiger partial charge in [0, 0.05) is 24.5 Å². The molecule has 4 heteroatoms. The van der Waals surface area contributed by atoms with Crippen molar-refractivity contribution in [2.75, 3.05) is 7.11 Å². The van der Waals surface area contributed by atoms with Gasteiger partial charge in [-0.1, -0.05) is 13.8 Å². The Balaban J connectivity index is 2.77. The molecule has 0 unspecified atom stereocenters. The van der Waals surface area contributed by atoms with Crippen molar-refractivity contribution in [3.8, 4) is 0 Å². The smallest absolute Gasteiger partial charge is 0.323 e. The minimum absolute atomic E-state index is 0.195. The summed E-state index contributed by atoms with van der Waals surface area (Å²) in [6.45, 7) is 12.1. The molecule has 0 bridgehead atoms. The lowest BCUT2D eigenvalue weighted by Crippen LogP contribution is -2.41. The summed E-state index contributed by atoms with van der Waals surface area (Å²) in [5.41, 5.74) is 3.77. The van der Waals surface area contributed by atoms with Crippen LogP contribution in [0.25, 0.3) is 0 Å². The van der Waals surface area contributed by atoms with Crippen LogP contribution >= 0.6 is 0 Å². The van der Waals surface area contributed by atoms with Crippen LogP contribution in [-0.2, 0) is 22.6 Å². The number of hydrogen-bond acceptors (Lipinski definition) is 3. The number of hydrogen-bond donors (Lipinski definition) is 1. The Labute approximate surface area is 116 Å². The first-order valence-electron chi connectivity index (χ1n) is 6.89. The number of aromatic nitrogens is 1. The molecular weight excluding hydrogens is 240 g/mol. The van der Waals surface area contributed by atoms with Crippen molar-refractivity contribution in [1.82, 2.24) is 9.88 Å². The van der Waals surface area contributed by atoms with Crippen LogP contribution in [0.3, 0.4) is 0 Å². The van der Waals surface area contributed by atoms with Crippen molar-refractivity contribution < 1.29 is 9.53 Å². The fourth-order valence-corrected chi connectivity index (χ4v) is 2.48. The molecule has 0 amide bonds. The molecule has 19 heavy (non-hydrogen) atoms. The molecule has 1 aromatic heterocycles. The molecule has 0 radical (unpaired) electrons. The summed E-state index contributed by atoms with van der Waals surface area (Å²) in [5, 5.41) is 3.30. The second kappa shape index (κ2) is 6.75. The first-order valence-corrected chi connectivity index (χ1v) is 6.89. The number of aryl methyl sites for hydroxylation is 1. The molecule has 1 N–H and O–H groups in total. The van der Waals surface area contributed by atoms with Crippen LogP contribution in [0, 0.1) is 19.8 Å². The number of nitrogens with zero attached hydrogens (tertiary/aromatic N) is 1. The Morgan fingerprint density at radius 1 is 1.42 bits per heavy atom. The standard InChI is InChI=1S/C15H26N2O2/c1-7-17-11(4)8-13(12(17)5)9-16-14(10(2)3)15(18)19-6/h8,10,14,16H,7,9H2,1-6H3/t14-/m0/s1. The van der Waals surface area contributed by atoms with E-state index in [4.69, 9.17) is 4.74 Å². The van der Waals surface area contributed by atoms with E-state index in [1.807, 2.05) is 13.8 Å². The second-order valence-electron chi connectivity index (χ2n) is 5.27. The lowest BCUT2D eigenvalue weighted by Gasteiger charge is -2.19. The molecule has 4 nitrogen and oxygen atoms in total. The molecule has 1 atom stereocenters. The van der Waals surface area contributed by atoms with Crippen molar-refractivity contribution in [2.24, 2.45) is 5.92 Å². The lowest BCUT2D eigenvalue weighted by atomic mass is 10.0. The van der Waals surface area contributed by atoms with E-state index in [1.54, 1.807) is 0 Å². The summed E-state index contributed by atoms with van der Waals surface area (Å²) in [4.78, 5) is 11.7. The highest BCUT2D eigenvalue weighted by Gasteiger charge is 2.22. The van der Waals surface area contributed by atoms with Crippen molar-refractivity contribution >= 4 is 5.97 Å². The van der Waals surface area contributed by atoms with Crippen LogP contribution in [0.4, 0.5) is 0 Å². The number of methoxy groups -OCH3 is 1. The predicted molar refractivity (Wildman–Crippen MR) is 77.1 cm³/mol. The van der Waals surface area contributed by atoms with E-state index >= 15 is 0 Å². The third kappa shape index (κ3) is 3.60. The Hall–Kier alpha value is -1.29. The highest BCUT2D eigenvalue weighted by molar-refractivity contribution is 5.75. The zero-order valence-corrected chi connectivity index (χ0v) is 12.9. The van der Waals surface area contributed by atoms with Crippen molar-refractivity contribution in [2.45, 2.75) is 53.8 Å². The average molecular weight is 266 g/mol. The summed E-state index contributed by atoms with van der Waals surface area (Å²) in [6.07, 6.45) is 0. The quantitative estimate of drug-likeness (QED) is 0.804. The molecule has 1 rings (SSSR count). The van der Waals surface area contributed by atoms with Gasteiger partial charge in [0.05, 0.1) is 7.11 Å². The Kier molecular flexibility index (Phi) is 5.60. The SMILES string of the molecule is CCn1c(C)cc(CN[C@H](C(=O)OC)C(C)C)c1C. The fourth-order valence-electron chi connectivity index (χ4n) is 2.48.